The summed E-state index contributed by atoms with van der Waals surface area (Å²) >= 11 is 1.45. The minimum Gasteiger partial charge on any atom is -0.354 e. The van der Waals surface area contributed by atoms with Crippen molar-refractivity contribution in [2.75, 3.05) is 11.4 Å². The maximum absolute atomic E-state index is 5.85. The summed E-state index contributed by atoms with van der Waals surface area (Å²) in [6, 6.07) is 2.75. The molecule has 2 heterocycles. The molecule has 5 heteroatoms. The molecule has 4 nitrogen and oxygen atoms in total. The van der Waals surface area contributed by atoms with Crippen LogP contribution in [0.5, 0.6) is 0 Å². The molecule has 1 aliphatic heterocycles. The number of rotatable bonds is 3. The Balaban J connectivity index is 1.93. The molecular weight excluding hydrogens is 256 g/mol. The third-order valence-corrected chi connectivity index (χ3v) is 5.39. The number of aromatic nitrogens is 2. The first-order valence-electron chi connectivity index (χ1n) is 7.15. The molecule has 1 unspecified atom stereocenters. The molecule has 1 aliphatic carbocycles. The van der Waals surface area contributed by atoms with E-state index in [0.29, 0.717) is 6.04 Å². The van der Waals surface area contributed by atoms with E-state index in [-0.39, 0.29) is 4.75 Å². The summed E-state index contributed by atoms with van der Waals surface area (Å²) in [6.45, 7) is 5.39. The lowest BCUT2D eigenvalue weighted by Gasteiger charge is -2.34. The molecule has 1 saturated heterocycles. The highest BCUT2D eigenvalue weighted by Gasteiger charge is 2.46. The van der Waals surface area contributed by atoms with Gasteiger partial charge < -0.3 is 4.90 Å². The maximum Gasteiger partial charge on any atom is 0.132 e. The molecule has 0 aromatic carbocycles. The van der Waals surface area contributed by atoms with Crippen LogP contribution in [0.2, 0.25) is 0 Å². The lowest BCUT2D eigenvalue weighted by atomic mass is 10.0. The van der Waals surface area contributed by atoms with E-state index < -0.39 is 0 Å². The van der Waals surface area contributed by atoms with Crippen LogP contribution in [0.4, 0.5) is 5.82 Å². The number of aryl methyl sites for hydroxylation is 1. The highest BCUT2D eigenvalue weighted by molar-refractivity contribution is 7.98. The number of hydrogen-bond donors (Lipinski definition) is 1. The second kappa shape index (κ2) is 4.94. The van der Waals surface area contributed by atoms with Gasteiger partial charge in [-0.05, 0) is 46.0 Å². The Morgan fingerprint density at radius 3 is 2.79 bits per heavy atom. The van der Waals surface area contributed by atoms with Crippen molar-refractivity contribution in [2.45, 2.75) is 56.7 Å². The Morgan fingerprint density at radius 2 is 2.16 bits per heavy atom. The molecule has 1 atom stereocenters. The molecule has 0 spiro atoms. The summed E-state index contributed by atoms with van der Waals surface area (Å²) in [7, 11) is 0. The molecule has 0 amide bonds. The van der Waals surface area contributed by atoms with Gasteiger partial charge in [-0.15, -0.1) is 0 Å². The van der Waals surface area contributed by atoms with Crippen molar-refractivity contribution in [1.29, 1.82) is 0 Å². The monoisotopic (exact) mass is 278 g/mol. The molecule has 0 bridgehead atoms. The summed E-state index contributed by atoms with van der Waals surface area (Å²) in [4.78, 5) is 11.7. The predicted molar refractivity (Wildman–Crippen MR) is 80.1 cm³/mol. The molecule has 0 radical (unpaired) electrons. The number of nitrogens with two attached hydrogens (primary N) is 1. The van der Waals surface area contributed by atoms with Gasteiger partial charge in [0.2, 0.25) is 0 Å². The predicted octanol–water partition coefficient (Wildman–Crippen LogP) is 2.76. The van der Waals surface area contributed by atoms with Crippen LogP contribution in [0.15, 0.2) is 6.07 Å². The van der Waals surface area contributed by atoms with E-state index in [1.54, 1.807) is 0 Å². The van der Waals surface area contributed by atoms with Gasteiger partial charge in [-0.1, -0.05) is 11.9 Å². The van der Waals surface area contributed by atoms with Gasteiger partial charge >= 0.3 is 0 Å². The van der Waals surface area contributed by atoms with Crippen LogP contribution in [-0.4, -0.2) is 22.6 Å². The smallest absolute Gasteiger partial charge is 0.132 e. The number of nitrogens with zero attached hydrogens (tertiary/aromatic N) is 3. The number of hydrogen-bond acceptors (Lipinski definition) is 5. The molecule has 2 fully saturated rings. The summed E-state index contributed by atoms with van der Waals surface area (Å²) in [6.07, 6.45) is 6.13. The molecule has 1 aromatic rings. The third kappa shape index (κ3) is 2.46. The van der Waals surface area contributed by atoms with Crippen molar-refractivity contribution in [3.63, 3.8) is 0 Å². The van der Waals surface area contributed by atoms with Gasteiger partial charge in [0.15, 0.2) is 0 Å². The Morgan fingerprint density at radius 1 is 1.37 bits per heavy atom. The molecule has 19 heavy (non-hydrogen) atoms. The normalized spacial score (nSPS) is 25.4. The lowest BCUT2D eigenvalue weighted by Crippen LogP contribution is -2.38. The number of piperidine rings is 1. The van der Waals surface area contributed by atoms with Crippen molar-refractivity contribution < 1.29 is 0 Å². The highest BCUT2D eigenvalue weighted by atomic mass is 32.2. The summed E-state index contributed by atoms with van der Waals surface area (Å²) in [5, 5.41) is 5.85. The lowest BCUT2D eigenvalue weighted by molar-refractivity contribution is 0.480. The Kier molecular flexibility index (Phi) is 3.43. The molecule has 1 saturated carbocycles. The van der Waals surface area contributed by atoms with Crippen LogP contribution in [0.1, 0.15) is 50.5 Å². The van der Waals surface area contributed by atoms with Gasteiger partial charge in [-0.3, -0.25) is 5.14 Å². The van der Waals surface area contributed by atoms with Crippen molar-refractivity contribution in [1.82, 2.24) is 9.97 Å². The summed E-state index contributed by atoms with van der Waals surface area (Å²) in [5.74, 6) is 1.96. The Labute approximate surface area is 119 Å². The van der Waals surface area contributed by atoms with E-state index in [1.807, 2.05) is 6.92 Å². The third-order valence-electron chi connectivity index (χ3n) is 4.32. The fourth-order valence-electron chi connectivity index (χ4n) is 2.92. The largest absolute Gasteiger partial charge is 0.354 e. The van der Waals surface area contributed by atoms with E-state index in [0.717, 1.165) is 36.7 Å². The van der Waals surface area contributed by atoms with Crippen molar-refractivity contribution >= 4 is 17.8 Å². The van der Waals surface area contributed by atoms with Crippen LogP contribution in [0, 0.1) is 6.92 Å². The topological polar surface area (TPSA) is 55.0 Å². The van der Waals surface area contributed by atoms with E-state index in [1.165, 1.54) is 31.2 Å². The summed E-state index contributed by atoms with van der Waals surface area (Å²) in [5.41, 5.74) is 1.13. The van der Waals surface area contributed by atoms with E-state index in [2.05, 4.69) is 27.9 Å². The molecule has 2 aliphatic rings. The first kappa shape index (κ1) is 13.2. The summed E-state index contributed by atoms with van der Waals surface area (Å²) < 4.78 is 0.0709. The van der Waals surface area contributed by atoms with Gasteiger partial charge in [-0.25, -0.2) is 9.97 Å². The van der Waals surface area contributed by atoms with Crippen LogP contribution in [0.25, 0.3) is 0 Å². The van der Waals surface area contributed by atoms with Crippen molar-refractivity contribution in [3.05, 3.63) is 17.6 Å². The second-order valence-corrected chi connectivity index (χ2v) is 6.83. The molecule has 104 valence electrons. The fraction of sp³-hybridized carbons (Fsp3) is 0.714. The van der Waals surface area contributed by atoms with Crippen molar-refractivity contribution in [2.24, 2.45) is 5.14 Å². The standard InChI is InChI=1S/C14H22N4S/c1-10-5-3-4-8-18(10)13-9-12(16-11(2)17-13)14(19-15)6-7-14/h9-10H,3-8,15H2,1-2H3. The quantitative estimate of drug-likeness (QED) is 0.862. The van der Waals surface area contributed by atoms with E-state index in [9.17, 15) is 0 Å². The van der Waals surface area contributed by atoms with Gasteiger partial charge in [0.05, 0.1) is 10.4 Å². The minimum absolute atomic E-state index is 0.0709. The van der Waals surface area contributed by atoms with Gasteiger partial charge in [0, 0.05) is 18.7 Å². The molecular formula is C14H22N4S. The Bertz CT molecular complexity index is 473. The second-order valence-electron chi connectivity index (χ2n) is 5.81. The van der Waals surface area contributed by atoms with Crippen LogP contribution in [-0.2, 0) is 4.75 Å². The van der Waals surface area contributed by atoms with Gasteiger partial charge in [0.1, 0.15) is 11.6 Å². The fourth-order valence-corrected chi connectivity index (χ4v) is 3.48. The SMILES string of the molecule is Cc1nc(N2CCCCC2C)cc(C2(SN)CC2)n1. The maximum atomic E-state index is 5.85. The average molecular weight is 278 g/mol. The minimum atomic E-state index is 0.0709. The highest BCUT2D eigenvalue weighted by Crippen LogP contribution is 2.54. The van der Waals surface area contributed by atoms with Gasteiger partial charge in [0.25, 0.3) is 0 Å². The van der Waals surface area contributed by atoms with Crippen LogP contribution < -0.4 is 10.0 Å². The van der Waals surface area contributed by atoms with Crippen LogP contribution >= 0.6 is 11.9 Å². The molecule has 1 aromatic heterocycles. The van der Waals surface area contributed by atoms with Gasteiger partial charge in [-0.2, -0.15) is 0 Å². The number of anilines is 1. The first-order chi connectivity index (χ1) is 9.14. The molecule has 3 rings (SSSR count). The molecule has 2 N–H and O–H groups in total. The average Bonchev–Trinajstić information content (AvgIpc) is 3.19. The van der Waals surface area contributed by atoms with Crippen molar-refractivity contribution in [3.8, 4) is 0 Å². The zero-order valence-electron chi connectivity index (χ0n) is 11.7. The van der Waals surface area contributed by atoms with E-state index in [4.69, 9.17) is 5.14 Å². The Hall–Kier alpha value is -0.810. The zero-order chi connectivity index (χ0) is 13.5. The first-order valence-corrected chi connectivity index (χ1v) is 8.03. The van der Waals surface area contributed by atoms with Crippen LogP contribution in [0.3, 0.4) is 0 Å². The van der Waals surface area contributed by atoms with E-state index >= 15 is 0 Å². The zero-order valence-corrected chi connectivity index (χ0v) is 12.5.